The number of nitro benzene ring substituents is 1. The van der Waals surface area contributed by atoms with Crippen molar-refractivity contribution in [1.82, 2.24) is 0 Å². The highest BCUT2D eigenvalue weighted by atomic mass is 16.6. The summed E-state index contributed by atoms with van der Waals surface area (Å²) in [6.07, 6.45) is 0.852. The number of nitrogens with zero attached hydrogens (tertiary/aromatic N) is 1. The molecule has 0 heterocycles. The van der Waals surface area contributed by atoms with E-state index in [0.717, 1.165) is 6.42 Å². The summed E-state index contributed by atoms with van der Waals surface area (Å²) in [7, 11) is 1.47. The van der Waals surface area contributed by atoms with Gasteiger partial charge in [-0.3, -0.25) is 14.9 Å². The fraction of sp³-hybridized carbons (Fsp3) is 0.462. The molecule has 0 bridgehead atoms. The molecule has 2 rings (SSSR count). The maximum atomic E-state index is 11.6. The van der Waals surface area contributed by atoms with Crippen molar-refractivity contribution in [3.8, 4) is 5.75 Å². The maximum Gasteiger partial charge on any atom is 0.309 e. The summed E-state index contributed by atoms with van der Waals surface area (Å²) in [5.41, 5.74) is 0.449. The lowest BCUT2D eigenvalue weighted by molar-refractivity contribution is -0.385. The molecule has 0 amide bonds. The Kier molecular flexibility index (Phi) is 3.69. The Morgan fingerprint density at radius 2 is 2.21 bits per heavy atom. The van der Waals surface area contributed by atoms with Gasteiger partial charge < -0.3 is 9.47 Å². The summed E-state index contributed by atoms with van der Waals surface area (Å²) in [6, 6.07) is 4.22. The zero-order chi connectivity index (χ0) is 14.0. The molecule has 1 aliphatic carbocycles. The standard InChI is InChI=1S/C13H15NO5/c1-8-5-11(8)13(15)19-7-9-6-10(14(16)17)3-4-12(9)18-2/h3-4,6,8,11H,5,7H2,1-2H3/t8-,11+/m1/s1. The normalized spacial score (nSPS) is 20.7. The van der Waals surface area contributed by atoms with Gasteiger partial charge in [0.1, 0.15) is 12.4 Å². The van der Waals surface area contributed by atoms with Crippen molar-refractivity contribution >= 4 is 11.7 Å². The molecular formula is C13H15NO5. The van der Waals surface area contributed by atoms with Crippen LogP contribution in [0, 0.1) is 22.0 Å². The van der Waals surface area contributed by atoms with Crippen molar-refractivity contribution in [2.24, 2.45) is 11.8 Å². The first-order valence-electron chi connectivity index (χ1n) is 6.01. The molecule has 0 radical (unpaired) electrons. The average molecular weight is 265 g/mol. The second-order valence-corrected chi connectivity index (χ2v) is 4.68. The highest BCUT2D eigenvalue weighted by Gasteiger charge is 2.40. The fourth-order valence-corrected chi connectivity index (χ4v) is 1.90. The number of methoxy groups -OCH3 is 1. The predicted molar refractivity (Wildman–Crippen MR) is 66.7 cm³/mol. The third-order valence-electron chi connectivity index (χ3n) is 3.26. The van der Waals surface area contributed by atoms with Crippen LogP contribution in [0.2, 0.25) is 0 Å². The van der Waals surface area contributed by atoms with E-state index in [4.69, 9.17) is 9.47 Å². The van der Waals surface area contributed by atoms with Crippen LogP contribution in [0.15, 0.2) is 18.2 Å². The molecule has 0 aliphatic heterocycles. The maximum absolute atomic E-state index is 11.6. The Morgan fingerprint density at radius 1 is 1.53 bits per heavy atom. The van der Waals surface area contributed by atoms with Crippen molar-refractivity contribution in [3.05, 3.63) is 33.9 Å². The summed E-state index contributed by atoms with van der Waals surface area (Å²) in [5.74, 6) is 0.576. The quantitative estimate of drug-likeness (QED) is 0.463. The van der Waals surface area contributed by atoms with Gasteiger partial charge in [-0.2, -0.15) is 0 Å². The topological polar surface area (TPSA) is 78.7 Å². The summed E-state index contributed by atoms with van der Waals surface area (Å²) >= 11 is 0. The highest BCUT2D eigenvalue weighted by Crippen LogP contribution is 2.39. The van der Waals surface area contributed by atoms with E-state index in [1.165, 1.54) is 25.3 Å². The average Bonchev–Trinajstić information content (AvgIpc) is 3.12. The van der Waals surface area contributed by atoms with Gasteiger partial charge in [-0.05, 0) is 18.4 Å². The molecule has 0 spiro atoms. The Morgan fingerprint density at radius 3 is 2.74 bits per heavy atom. The van der Waals surface area contributed by atoms with E-state index in [1.54, 1.807) is 0 Å². The first-order chi connectivity index (χ1) is 9.02. The van der Waals surface area contributed by atoms with Crippen LogP contribution in [-0.4, -0.2) is 18.0 Å². The summed E-state index contributed by atoms with van der Waals surface area (Å²) in [4.78, 5) is 21.8. The number of nitro groups is 1. The van der Waals surface area contributed by atoms with Gasteiger partial charge in [0, 0.05) is 17.7 Å². The Bertz CT molecular complexity index is 514. The van der Waals surface area contributed by atoms with Gasteiger partial charge in [-0.15, -0.1) is 0 Å². The van der Waals surface area contributed by atoms with Gasteiger partial charge in [0.05, 0.1) is 18.0 Å². The van der Waals surface area contributed by atoms with Crippen LogP contribution >= 0.6 is 0 Å². The molecule has 0 aromatic heterocycles. The van der Waals surface area contributed by atoms with E-state index in [9.17, 15) is 14.9 Å². The number of ether oxygens (including phenoxy) is 2. The Labute approximate surface area is 110 Å². The van der Waals surface area contributed by atoms with Gasteiger partial charge in [0.25, 0.3) is 5.69 Å². The van der Waals surface area contributed by atoms with Crippen LogP contribution in [0.1, 0.15) is 18.9 Å². The van der Waals surface area contributed by atoms with Gasteiger partial charge in [-0.25, -0.2) is 0 Å². The van der Waals surface area contributed by atoms with Crippen LogP contribution < -0.4 is 4.74 Å². The Balaban J connectivity index is 2.07. The molecule has 1 aliphatic rings. The summed E-state index contributed by atoms with van der Waals surface area (Å²) in [6.45, 7) is 1.98. The van der Waals surface area contributed by atoms with E-state index in [2.05, 4.69) is 0 Å². The number of non-ortho nitro benzene ring substituents is 1. The number of carbonyl (C=O) groups excluding carboxylic acids is 1. The zero-order valence-corrected chi connectivity index (χ0v) is 10.8. The number of hydrogen-bond acceptors (Lipinski definition) is 5. The number of hydrogen-bond donors (Lipinski definition) is 0. The van der Waals surface area contributed by atoms with Gasteiger partial charge >= 0.3 is 5.97 Å². The Hall–Kier alpha value is -2.11. The van der Waals surface area contributed by atoms with E-state index < -0.39 is 4.92 Å². The molecule has 2 atom stereocenters. The monoisotopic (exact) mass is 265 g/mol. The van der Waals surface area contributed by atoms with Crippen LogP contribution in [0.5, 0.6) is 5.75 Å². The van der Waals surface area contributed by atoms with Gasteiger partial charge in [-0.1, -0.05) is 6.92 Å². The molecule has 1 aromatic carbocycles. The minimum Gasteiger partial charge on any atom is -0.496 e. The number of carbonyl (C=O) groups is 1. The van der Waals surface area contributed by atoms with E-state index in [-0.39, 0.29) is 24.2 Å². The van der Waals surface area contributed by atoms with E-state index >= 15 is 0 Å². The van der Waals surface area contributed by atoms with Crippen molar-refractivity contribution in [3.63, 3.8) is 0 Å². The third kappa shape index (κ3) is 3.01. The van der Waals surface area contributed by atoms with Gasteiger partial charge in [0.15, 0.2) is 0 Å². The molecule has 19 heavy (non-hydrogen) atoms. The molecule has 6 heteroatoms. The molecular weight excluding hydrogens is 250 g/mol. The second-order valence-electron chi connectivity index (χ2n) is 4.68. The molecule has 0 saturated heterocycles. The fourth-order valence-electron chi connectivity index (χ4n) is 1.90. The van der Waals surface area contributed by atoms with Crippen LogP contribution in [0.3, 0.4) is 0 Å². The second kappa shape index (κ2) is 5.26. The molecule has 6 nitrogen and oxygen atoms in total. The minimum atomic E-state index is -0.492. The SMILES string of the molecule is COc1ccc([N+](=O)[O-])cc1COC(=O)[C@H]1C[C@H]1C. The van der Waals surface area contributed by atoms with Crippen molar-refractivity contribution in [1.29, 1.82) is 0 Å². The summed E-state index contributed by atoms with van der Waals surface area (Å²) in [5, 5.41) is 10.7. The lowest BCUT2D eigenvalue weighted by atomic mass is 10.2. The zero-order valence-electron chi connectivity index (χ0n) is 10.8. The van der Waals surface area contributed by atoms with E-state index in [1.807, 2.05) is 6.92 Å². The molecule has 1 saturated carbocycles. The minimum absolute atomic E-state index is 0.00704. The predicted octanol–water partition coefficient (Wildman–Crippen LogP) is 2.30. The van der Waals surface area contributed by atoms with Crippen molar-refractivity contribution in [2.45, 2.75) is 20.0 Å². The van der Waals surface area contributed by atoms with Crippen molar-refractivity contribution in [2.75, 3.05) is 7.11 Å². The lowest BCUT2D eigenvalue weighted by Gasteiger charge is -2.09. The lowest BCUT2D eigenvalue weighted by Crippen LogP contribution is -2.08. The number of benzene rings is 1. The number of esters is 1. The molecule has 1 fully saturated rings. The highest BCUT2D eigenvalue weighted by molar-refractivity contribution is 5.75. The molecule has 102 valence electrons. The summed E-state index contributed by atoms with van der Waals surface area (Å²) < 4.78 is 10.3. The first-order valence-corrected chi connectivity index (χ1v) is 6.01. The largest absolute Gasteiger partial charge is 0.496 e. The number of rotatable bonds is 5. The van der Waals surface area contributed by atoms with Crippen molar-refractivity contribution < 1.29 is 19.2 Å². The van der Waals surface area contributed by atoms with E-state index in [0.29, 0.717) is 17.2 Å². The third-order valence-corrected chi connectivity index (χ3v) is 3.26. The smallest absolute Gasteiger partial charge is 0.309 e. The molecule has 1 aromatic rings. The van der Waals surface area contributed by atoms with Crippen LogP contribution in [0.25, 0.3) is 0 Å². The van der Waals surface area contributed by atoms with Crippen LogP contribution in [-0.2, 0) is 16.1 Å². The molecule has 0 N–H and O–H groups in total. The van der Waals surface area contributed by atoms with Gasteiger partial charge in [0.2, 0.25) is 0 Å². The molecule has 0 unspecified atom stereocenters. The van der Waals surface area contributed by atoms with Crippen LogP contribution in [0.4, 0.5) is 5.69 Å². The first kappa shape index (κ1) is 13.3.